The summed E-state index contributed by atoms with van der Waals surface area (Å²) < 4.78 is 32.6. The van der Waals surface area contributed by atoms with E-state index in [2.05, 4.69) is 29.6 Å². The molecule has 0 radical (unpaired) electrons. The summed E-state index contributed by atoms with van der Waals surface area (Å²) in [6.07, 6.45) is 3.28. The quantitative estimate of drug-likeness (QED) is 0.223. The third-order valence-corrected chi connectivity index (χ3v) is 6.67. The molecule has 4 aromatic rings. The number of hydrogen-bond acceptors (Lipinski definition) is 10. The molecule has 9 nitrogen and oxygen atoms in total. The normalized spacial score (nSPS) is 14.1. The molecule has 192 valence electrons. The fraction of sp³-hybridized carbons (Fsp3) is 0.269. The van der Waals surface area contributed by atoms with Crippen LogP contribution in [0.5, 0.6) is 11.8 Å². The summed E-state index contributed by atoms with van der Waals surface area (Å²) in [5, 5.41) is 4.14. The monoisotopic (exact) mass is 522 g/mol. The van der Waals surface area contributed by atoms with E-state index in [1.165, 1.54) is 12.1 Å². The first kappa shape index (κ1) is 25.2. The minimum absolute atomic E-state index is 0.112. The number of fused-ring (bicyclic) bond motifs is 1. The molecule has 0 amide bonds. The van der Waals surface area contributed by atoms with Crippen LogP contribution in [0, 0.1) is 5.82 Å². The molecular formula is C26H27FN6O3S. The number of halogens is 1. The topological polar surface area (TPSA) is 105 Å². The third-order valence-electron chi connectivity index (χ3n) is 6.14. The summed E-state index contributed by atoms with van der Waals surface area (Å²) in [4.78, 5) is 23.8. The van der Waals surface area contributed by atoms with E-state index < -0.39 is 11.4 Å². The van der Waals surface area contributed by atoms with Gasteiger partial charge >= 0.3 is 11.6 Å². The first-order valence-electron chi connectivity index (χ1n) is 11.9. The van der Waals surface area contributed by atoms with Crippen molar-refractivity contribution in [2.45, 2.75) is 13.0 Å². The van der Waals surface area contributed by atoms with Gasteiger partial charge in [-0.05, 0) is 42.4 Å². The van der Waals surface area contributed by atoms with E-state index in [4.69, 9.17) is 9.15 Å². The molecule has 0 unspecified atom stereocenters. The molecule has 0 spiro atoms. The summed E-state index contributed by atoms with van der Waals surface area (Å²) in [7, 11) is 1.74. The van der Waals surface area contributed by atoms with Crippen LogP contribution in [0.4, 0.5) is 10.1 Å². The van der Waals surface area contributed by atoms with Gasteiger partial charge in [-0.2, -0.15) is 0 Å². The zero-order chi connectivity index (χ0) is 25.6. The number of piperazine rings is 1. The van der Waals surface area contributed by atoms with E-state index >= 15 is 4.39 Å². The van der Waals surface area contributed by atoms with Crippen LogP contribution in [-0.2, 0) is 13.0 Å². The Bertz CT molecular complexity index is 1430. The van der Waals surface area contributed by atoms with Crippen LogP contribution in [0.2, 0.25) is 0 Å². The van der Waals surface area contributed by atoms with Gasteiger partial charge in [-0.15, -0.1) is 0 Å². The summed E-state index contributed by atoms with van der Waals surface area (Å²) in [6, 6.07) is 12.3. The van der Waals surface area contributed by atoms with E-state index in [9.17, 15) is 4.79 Å². The number of nitrogens with zero attached hydrogens (tertiary/aromatic N) is 3. The largest absolute Gasteiger partial charge is 0.424 e. The van der Waals surface area contributed by atoms with Gasteiger partial charge in [-0.3, -0.25) is 4.90 Å². The summed E-state index contributed by atoms with van der Waals surface area (Å²) in [5.74, 6) is 0.0547. The Morgan fingerprint density at radius 3 is 2.73 bits per heavy atom. The van der Waals surface area contributed by atoms with E-state index in [0.29, 0.717) is 34.7 Å². The highest BCUT2D eigenvalue weighted by molar-refractivity contribution is 7.98. The number of nitrogens with one attached hydrogen (secondary N) is 3. The molecule has 2 aromatic carbocycles. The number of aromatic nitrogens is 2. The summed E-state index contributed by atoms with van der Waals surface area (Å²) in [5.41, 5.74) is 1.94. The second-order valence-electron chi connectivity index (χ2n) is 8.53. The zero-order valence-electron chi connectivity index (χ0n) is 20.3. The molecular weight excluding hydrogens is 495 g/mol. The molecule has 5 rings (SSSR count). The summed E-state index contributed by atoms with van der Waals surface area (Å²) >= 11 is 1.17. The first-order chi connectivity index (χ1) is 18.1. The van der Waals surface area contributed by atoms with Crippen LogP contribution in [0.15, 0.2) is 64.1 Å². The number of benzene rings is 2. The number of hydrogen-bond donors (Lipinski definition) is 3. The molecule has 1 aliphatic heterocycles. The zero-order valence-corrected chi connectivity index (χ0v) is 21.1. The Hall–Kier alpha value is -3.51. The van der Waals surface area contributed by atoms with Crippen LogP contribution >= 0.6 is 12.1 Å². The summed E-state index contributed by atoms with van der Waals surface area (Å²) in [6.45, 7) is 3.99. The standard InChI is InChI=1S/C26H27FN6O3S/c1-28-37-32-22-5-2-4-17(24(22)27)14-20-21(16-33-12-10-29-11-13-33)19-7-6-18(15-23(19)36-25(20)34)35-26-30-8-3-9-31-26/h2-9,15,28-29,32H,10-14,16H2,1H3. The maximum absolute atomic E-state index is 15.3. The van der Waals surface area contributed by atoms with E-state index in [1.54, 1.807) is 55.8 Å². The molecule has 2 aromatic heterocycles. The van der Waals surface area contributed by atoms with E-state index in [0.717, 1.165) is 37.1 Å². The molecule has 1 saturated heterocycles. The minimum atomic E-state index is -0.492. The van der Waals surface area contributed by atoms with E-state index in [-0.39, 0.29) is 12.4 Å². The minimum Gasteiger partial charge on any atom is -0.424 e. The van der Waals surface area contributed by atoms with Gasteiger partial charge < -0.3 is 19.2 Å². The van der Waals surface area contributed by atoms with Gasteiger partial charge in [0, 0.05) is 80.7 Å². The van der Waals surface area contributed by atoms with Crippen molar-refractivity contribution in [2.75, 3.05) is 37.9 Å². The van der Waals surface area contributed by atoms with Gasteiger partial charge in [-0.25, -0.2) is 23.9 Å². The Balaban J connectivity index is 1.55. The van der Waals surface area contributed by atoms with Crippen molar-refractivity contribution in [1.82, 2.24) is 24.9 Å². The van der Waals surface area contributed by atoms with Crippen molar-refractivity contribution in [1.29, 1.82) is 0 Å². The lowest BCUT2D eigenvalue weighted by Crippen LogP contribution is -2.43. The van der Waals surface area contributed by atoms with Gasteiger partial charge in [0.15, 0.2) is 5.82 Å². The molecule has 3 N–H and O–H groups in total. The van der Waals surface area contributed by atoms with Crippen molar-refractivity contribution in [3.63, 3.8) is 0 Å². The van der Waals surface area contributed by atoms with Crippen molar-refractivity contribution < 1.29 is 13.5 Å². The molecule has 3 heterocycles. The maximum atomic E-state index is 15.3. The predicted octanol–water partition coefficient (Wildman–Crippen LogP) is 3.70. The van der Waals surface area contributed by atoms with Crippen LogP contribution in [0.1, 0.15) is 16.7 Å². The Kier molecular flexibility index (Phi) is 7.95. The van der Waals surface area contributed by atoms with Gasteiger partial charge in [0.2, 0.25) is 0 Å². The van der Waals surface area contributed by atoms with E-state index in [1.807, 2.05) is 6.07 Å². The highest BCUT2D eigenvalue weighted by Crippen LogP contribution is 2.30. The van der Waals surface area contributed by atoms with Gasteiger partial charge in [0.05, 0.1) is 5.69 Å². The van der Waals surface area contributed by atoms with Crippen LogP contribution < -0.4 is 25.1 Å². The number of rotatable bonds is 9. The smallest absolute Gasteiger partial charge is 0.340 e. The molecule has 37 heavy (non-hydrogen) atoms. The Labute approximate surface area is 217 Å². The van der Waals surface area contributed by atoms with Crippen molar-refractivity contribution in [3.8, 4) is 11.8 Å². The number of anilines is 1. The van der Waals surface area contributed by atoms with Gasteiger partial charge in [0.25, 0.3) is 0 Å². The predicted molar refractivity (Wildman–Crippen MR) is 142 cm³/mol. The molecule has 0 atom stereocenters. The van der Waals surface area contributed by atoms with Crippen LogP contribution in [0.3, 0.4) is 0 Å². The molecule has 0 bridgehead atoms. The maximum Gasteiger partial charge on any atom is 0.340 e. The molecule has 1 fully saturated rings. The fourth-order valence-corrected chi connectivity index (χ4v) is 4.70. The highest BCUT2D eigenvalue weighted by atomic mass is 32.2. The first-order valence-corrected chi connectivity index (χ1v) is 12.8. The van der Waals surface area contributed by atoms with Crippen molar-refractivity contribution >= 4 is 28.8 Å². The average Bonchev–Trinajstić information content (AvgIpc) is 2.92. The molecule has 0 aliphatic carbocycles. The average molecular weight is 523 g/mol. The Morgan fingerprint density at radius 1 is 1.14 bits per heavy atom. The van der Waals surface area contributed by atoms with Gasteiger partial charge in [-0.1, -0.05) is 12.1 Å². The molecule has 11 heteroatoms. The highest BCUT2D eigenvalue weighted by Gasteiger charge is 2.21. The van der Waals surface area contributed by atoms with Crippen LogP contribution in [0.25, 0.3) is 11.0 Å². The Morgan fingerprint density at radius 2 is 1.95 bits per heavy atom. The second-order valence-corrected chi connectivity index (χ2v) is 9.34. The lowest BCUT2D eigenvalue weighted by Gasteiger charge is -2.28. The SMILES string of the molecule is CNSNc1cccc(Cc2c(CN3CCNCC3)c3ccc(Oc4ncccn4)cc3oc2=O)c1F. The third kappa shape index (κ3) is 5.91. The van der Waals surface area contributed by atoms with Crippen molar-refractivity contribution in [2.24, 2.45) is 0 Å². The molecule has 0 saturated carbocycles. The van der Waals surface area contributed by atoms with Gasteiger partial charge in [0.1, 0.15) is 11.3 Å². The van der Waals surface area contributed by atoms with Crippen LogP contribution in [-0.4, -0.2) is 48.1 Å². The molecule has 1 aliphatic rings. The second kappa shape index (κ2) is 11.7. The lowest BCUT2D eigenvalue weighted by molar-refractivity contribution is 0.233. The number of ether oxygens (including phenoxy) is 1. The van der Waals surface area contributed by atoms with Crippen molar-refractivity contribution in [3.05, 3.63) is 87.8 Å². The fourth-order valence-electron chi connectivity index (χ4n) is 4.33. The lowest BCUT2D eigenvalue weighted by atomic mass is 9.97.